The predicted molar refractivity (Wildman–Crippen MR) is 178 cm³/mol. The van der Waals surface area contributed by atoms with Gasteiger partial charge >= 0.3 is 0 Å². The van der Waals surface area contributed by atoms with Crippen LogP contribution in [0, 0.1) is 0 Å². The Bertz CT molecular complexity index is 988. The number of nitrogens with zero attached hydrogens (tertiary/aromatic N) is 3. The molecule has 0 saturated heterocycles. The van der Waals surface area contributed by atoms with E-state index in [1.165, 1.54) is 43.7 Å². The molecule has 0 spiro atoms. The van der Waals surface area contributed by atoms with E-state index in [-0.39, 0.29) is 0 Å². The SMILES string of the molecule is C=CCC(=N\C=C(/C)c1nc(C=C)c(/C=C/F)[nH]1)/C(=C/C)CC.CC=O.CCC/C=C(/NC)N(C)CCCC.CO. The molecule has 1 aromatic rings. The van der Waals surface area contributed by atoms with E-state index in [2.05, 4.69) is 78.3 Å². The van der Waals surface area contributed by atoms with Gasteiger partial charge in [0.1, 0.15) is 12.1 Å². The van der Waals surface area contributed by atoms with Crippen molar-refractivity contribution in [2.75, 3.05) is 27.7 Å². The van der Waals surface area contributed by atoms with E-state index >= 15 is 0 Å². The Labute approximate surface area is 249 Å². The van der Waals surface area contributed by atoms with E-state index in [1.807, 2.05) is 27.0 Å². The number of aliphatic hydroxyl groups excluding tert-OH is 1. The van der Waals surface area contributed by atoms with E-state index in [9.17, 15) is 4.39 Å². The molecule has 0 unspecified atom stereocenters. The monoisotopic (exact) mass is 573 g/mol. The van der Waals surface area contributed by atoms with Gasteiger partial charge in [0.15, 0.2) is 0 Å². The van der Waals surface area contributed by atoms with Crippen molar-refractivity contribution in [1.29, 1.82) is 0 Å². The van der Waals surface area contributed by atoms with Gasteiger partial charge in [0, 0.05) is 51.7 Å². The molecule has 41 heavy (non-hydrogen) atoms. The highest BCUT2D eigenvalue weighted by Crippen LogP contribution is 2.17. The molecule has 1 heterocycles. The highest BCUT2D eigenvalue weighted by Gasteiger charge is 2.07. The van der Waals surface area contributed by atoms with Crippen LogP contribution in [0.3, 0.4) is 0 Å². The minimum absolute atomic E-state index is 0.475. The Kier molecular flexibility index (Phi) is 30.1. The molecule has 0 aliphatic heterocycles. The van der Waals surface area contributed by atoms with Gasteiger partial charge in [-0.2, -0.15) is 0 Å². The van der Waals surface area contributed by atoms with Crippen molar-refractivity contribution in [2.45, 2.75) is 80.1 Å². The quantitative estimate of drug-likeness (QED) is 0.112. The molecule has 8 heteroatoms. The number of aldehydes is 1. The number of halogens is 1. The summed E-state index contributed by atoms with van der Waals surface area (Å²) in [6.45, 7) is 20.5. The fourth-order valence-corrected chi connectivity index (χ4v) is 3.39. The van der Waals surface area contributed by atoms with Gasteiger partial charge in [-0.3, -0.25) is 4.99 Å². The first kappa shape index (κ1) is 42.0. The van der Waals surface area contributed by atoms with Gasteiger partial charge in [0.05, 0.1) is 23.5 Å². The van der Waals surface area contributed by atoms with Crippen molar-refractivity contribution >= 4 is 29.7 Å². The van der Waals surface area contributed by atoms with E-state index < -0.39 is 0 Å². The van der Waals surface area contributed by atoms with Crippen LogP contribution in [-0.4, -0.2) is 59.7 Å². The number of aliphatic imine (C=N–C) groups is 1. The minimum Gasteiger partial charge on any atom is -0.400 e. The maximum Gasteiger partial charge on any atom is 0.135 e. The number of imidazole rings is 1. The van der Waals surface area contributed by atoms with Crippen molar-refractivity contribution in [2.24, 2.45) is 4.99 Å². The number of carbonyl (C=O) groups is 1. The van der Waals surface area contributed by atoms with Crippen LogP contribution < -0.4 is 5.32 Å². The van der Waals surface area contributed by atoms with Gasteiger partial charge < -0.3 is 25.1 Å². The second-order valence-corrected chi connectivity index (χ2v) is 8.57. The zero-order valence-electron chi connectivity index (χ0n) is 27.1. The van der Waals surface area contributed by atoms with E-state index in [0.29, 0.717) is 30.0 Å². The minimum atomic E-state index is 0.475. The van der Waals surface area contributed by atoms with Crippen LogP contribution in [0.25, 0.3) is 17.7 Å². The van der Waals surface area contributed by atoms with Crippen LogP contribution in [0.1, 0.15) is 97.3 Å². The number of hydrogen-bond donors (Lipinski definition) is 3. The van der Waals surface area contributed by atoms with Gasteiger partial charge in [-0.1, -0.05) is 52.3 Å². The number of hydrogen-bond acceptors (Lipinski definition) is 6. The molecule has 0 saturated carbocycles. The summed E-state index contributed by atoms with van der Waals surface area (Å²) >= 11 is 0. The Morgan fingerprint density at radius 2 is 1.83 bits per heavy atom. The largest absolute Gasteiger partial charge is 0.400 e. The molecular formula is C33H56FN5O2. The van der Waals surface area contributed by atoms with Crippen molar-refractivity contribution in [1.82, 2.24) is 20.2 Å². The summed E-state index contributed by atoms with van der Waals surface area (Å²) in [4.78, 5) is 23.1. The van der Waals surface area contributed by atoms with Crippen LogP contribution in [0.4, 0.5) is 4.39 Å². The number of aliphatic hydroxyl groups is 1. The average molecular weight is 574 g/mol. The molecular weight excluding hydrogens is 517 g/mol. The Morgan fingerprint density at radius 3 is 2.27 bits per heavy atom. The summed E-state index contributed by atoms with van der Waals surface area (Å²) in [7, 11) is 5.14. The molecule has 1 rings (SSSR count). The first-order valence-corrected chi connectivity index (χ1v) is 14.2. The average Bonchev–Trinajstić information content (AvgIpc) is 3.40. The van der Waals surface area contributed by atoms with E-state index in [1.54, 1.807) is 12.3 Å². The molecule has 0 bridgehead atoms. The number of aromatic nitrogens is 2. The Balaban J connectivity index is -0.000000678. The van der Waals surface area contributed by atoms with Crippen LogP contribution in [0.15, 0.2) is 60.3 Å². The Morgan fingerprint density at radius 1 is 1.20 bits per heavy atom. The lowest BCUT2D eigenvalue weighted by atomic mass is 10.1. The first-order valence-electron chi connectivity index (χ1n) is 14.2. The second-order valence-electron chi connectivity index (χ2n) is 8.57. The first-order chi connectivity index (χ1) is 19.8. The third-order valence-electron chi connectivity index (χ3n) is 5.55. The van der Waals surface area contributed by atoms with Gasteiger partial charge in [0.25, 0.3) is 0 Å². The third kappa shape index (κ3) is 19.2. The molecule has 7 nitrogen and oxygen atoms in total. The van der Waals surface area contributed by atoms with E-state index in [4.69, 9.17) is 9.90 Å². The standard InChI is InChI=1S/C19H24FN3.C11H24N2.C2H4O.CH4O/c1-6-10-17(15(7-2)8-3)21-13-14(5)19-22-16(9-4)18(23-19)11-12-20;1-5-7-9-11(12-3)13(4)10-8-6-2;1-2-3;1-2/h6-7,9,11-13H,1,4,8,10H2,2-3,5H3,(H,22,23);9,12H,5-8,10H2,1-4H3;2H,1H3;2H,1H3/b12-11+,14-13+,15-7+,21-17+;11-9-;;. The third-order valence-corrected chi connectivity index (χ3v) is 5.55. The summed E-state index contributed by atoms with van der Waals surface area (Å²) in [5, 5.41) is 10.2. The summed E-state index contributed by atoms with van der Waals surface area (Å²) in [5.74, 6) is 1.91. The maximum atomic E-state index is 12.4. The molecule has 0 amide bonds. The zero-order valence-corrected chi connectivity index (χ0v) is 27.1. The summed E-state index contributed by atoms with van der Waals surface area (Å²) < 4.78 is 12.4. The van der Waals surface area contributed by atoms with E-state index in [0.717, 1.165) is 44.1 Å². The number of nitrogens with one attached hydrogen (secondary N) is 2. The zero-order chi connectivity index (χ0) is 32.1. The fraction of sp³-hybridized carbons (Fsp3) is 0.485. The highest BCUT2D eigenvalue weighted by atomic mass is 19.1. The topological polar surface area (TPSA) is 93.6 Å². The lowest BCUT2D eigenvalue weighted by molar-refractivity contribution is -0.106. The normalized spacial score (nSPS) is 11.8. The number of aromatic amines is 1. The molecule has 0 aliphatic rings. The second kappa shape index (κ2) is 29.5. The highest BCUT2D eigenvalue weighted by molar-refractivity contribution is 6.01. The van der Waals surface area contributed by atoms with Gasteiger partial charge in [-0.05, 0) is 63.8 Å². The smallest absolute Gasteiger partial charge is 0.135 e. The Hall–Kier alpha value is -3.52. The lowest BCUT2D eigenvalue weighted by Gasteiger charge is -2.22. The molecule has 0 radical (unpaired) electrons. The fourth-order valence-electron chi connectivity index (χ4n) is 3.39. The molecule has 232 valence electrons. The molecule has 3 N–H and O–H groups in total. The molecule has 0 atom stereocenters. The number of H-pyrrole nitrogens is 1. The van der Waals surface area contributed by atoms with Crippen molar-refractivity contribution < 1.29 is 14.3 Å². The molecule has 0 aliphatic carbocycles. The summed E-state index contributed by atoms with van der Waals surface area (Å²) in [6.07, 6.45) is 18.6. The van der Waals surface area contributed by atoms with Crippen molar-refractivity contribution in [3.05, 3.63) is 72.5 Å². The van der Waals surface area contributed by atoms with Gasteiger partial charge in [-0.15, -0.1) is 6.58 Å². The van der Waals surface area contributed by atoms with Crippen LogP contribution >= 0.6 is 0 Å². The summed E-state index contributed by atoms with van der Waals surface area (Å²) in [5.41, 5.74) is 4.24. The number of allylic oxidation sites excluding steroid dienone is 5. The number of rotatable bonds is 15. The molecule has 0 aromatic carbocycles. The van der Waals surface area contributed by atoms with Crippen LogP contribution in [0.2, 0.25) is 0 Å². The van der Waals surface area contributed by atoms with Gasteiger partial charge in [0.2, 0.25) is 0 Å². The predicted octanol–water partition coefficient (Wildman–Crippen LogP) is 8.12. The number of carbonyl (C=O) groups excluding carboxylic acids is 1. The van der Waals surface area contributed by atoms with Crippen LogP contribution in [-0.2, 0) is 4.79 Å². The van der Waals surface area contributed by atoms with Crippen molar-refractivity contribution in [3.8, 4) is 0 Å². The van der Waals surface area contributed by atoms with Crippen LogP contribution in [0.5, 0.6) is 0 Å². The van der Waals surface area contributed by atoms with Gasteiger partial charge in [-0.25, -0.2) is 9.37 Å². The summed E-state index contributed by atoms with van der Waals surface area (Å²) in [6, 6.07) is 0. The number of unbranched alkanes of at least 4 members (excludes halogenated alkanes) is 2. The molecule has 1 aromatic heterocycles. The lowest BCUT2D eigenvalue weighted by Crippen LogP contribution is -2.27. The maximum absolute atomic E-state index is 12.4. The van der Waals surface area contributed by atoms with Crippen molar-refractivity contribution in [3.63, 3.8) is 0 Å². The molecule has 0 fully saturated rings.